The quantitative estimate of drug-likeness (QED) is 0.585. The third kappa shape index (κ3) is 9.89. The first kappa shape index (κ1) is 17.9. The summed E-state index contributed by atoms with van der Waals surface area (Å²) in [6.07, 6.45) is 9.94. The van der Waals surface area contributed by atoms with Crippen molar-refractivity contribution in [3.63, 3.8) is 0 Å². The molecule has 2 atom stereocenters. The molecule has 0 aromatic carbocycles. The zero-order chi connectivity index (χ0) is 14.0. The first-order valence-corrected chi connectivity index (χ1v) is 9.12. The van der Waals surface area contributed by atoms with Crippen molar-refractivity contribution in [2.75, 3.05) is 5.75 Å². The van der Waals surface area contributed by atoms with Gasteiger partial charge in [0.05, 0.1) is 5.75 Å². The lowest BCUT2D eigenvalue weighted by Crippen LogP contribution is -2.26. The summed E-state index contributed by atoms with van der Waals surface area (Å²) < 4.78 is 22.2. The van der Waals surface area contributed by atoms with Gasteiger partial charge in [-0.15, -0.1) is 0 Å². The molecule has 0 aliphatic heterocycles. The Labute approximate surface area is 114 Å². The van der Waals surface area contributed by atoms with Crippen LogP contribution in [-0.4, -0.2) is 14.2 Å². The number of hydrogen-bond donors (Lipinski definition) is 1. The molecule has 0 aromatic rings. The van der Waals surface area contributed by atoms with Gasteiger partial charge in [-0.25, -0.2) is 13.6 Å². The van der Waals surface area contributed by atoms with E-state index < -0.39 is 10.0 Å². The second-order valence-corrected chi connectivity index (χ2v) is 7.19. The second-order valence-electron chi connectivity index (χ2n) is 5.53. The Hall–Kier alpha value is -0.0900. The van der Waals surface area contributed by atoms with Crippen LogP contribution in [0.25, 0.3) is 0 Å². The van der Waals surface area contributed by atoms with Gasteiger partial charge in [0, 0.05) is 0 Å². The molecule has 3 nitrogen and oxygen atoms in total. The minimum absolute atomic E-state index is 0.126. The molecule has 0 aliphatic carbocycles. The van der Waals surface area contributed by atoms with Gasteiger partial charge in [0.2, 0.25) is 10.0 Å². The van der Waals surface area contributed by atoms with Gasteiger partial charge in [0.1, 0.15) is 0 Å². The Bertz CT molecular complexity index is 288. The van der Waals surface area contributed by atoms with Crippen molar-refractivity contribution in [1.82, 2.24) is 0 Å². The highest BCUT2D eigenvalue weighted by Crippen LogP contribution is 2.23. The summed E-state index contributed by atoms with van der Waals surface area (Å²) in [5.41, 5.74) is 0. The van der Waals surface area contributed by atoms with Crippen molar-refractivity contribution in [2.45, 2.75) is 72.1 Å². The van der Waals surface area contributed by atoms with Gasteiger partial charge in [0.25, 0.3) is 0 Å². The van der Waals surface area contributed by atoms with E-state index in [0.717, 1.165) is 12.8 Å². The minimum atomic E-state index is -3.32. The van der Waals surface area contributed by atoms with Crippen molar-refractivity contribution >= 4 is 10.0 Å². The maximum Gasteiger partial charge on any atom is 0.209 e. The highest BCUT2D eigenvalue weighted by Gasteiger charge is 2.19. The molecule has 2 N–H and O–H groups in total. The van der Waals surface area contributed by atoms with E-state index in [9.17, 15) is 8.42 Å². The molecule has 0 fully saturated rings. The Morgan fingerprint density at radius 3 is 2.06 bits per heavy atom. The molecule has 110 valence electrons. The van der Waals surface area contributed by atoms with E-state index in [1.807, 2.05) is 6.92 Å². The highest BCUT2D eigenvalue weighted by molar-refractivity contribution is 7.89. The van der Waals surface area contributed by atoms with Crippen LogP contribution in [0, 0.1) is 11.8 Å². The van der Waals surface area contributed by atoms with E-state index in [4.69, 9.17) is 5.14 Å². The SMILES string of the molecule is CCCCCCCCC(CC)C(C)CS(N)(=O)=O. The molecule has 0 saturated heterocycles. The number of rotatable bonds is 11. The first-order valence-electron chi connectivity index (χ1n) is 7.41. The largest absolute Gasteiger partial charge is 0.229 e. The summed E-state index contributed by atoms with van der Waals surface area (Å²) in [4.78, 5) is 0. The van der Waals surface area contributed by atoms with Crippen LogP contribution < -0.4 is 5.14 Å². The number of unbranched alkanes of at least 4 members (excludes halogenated alkanes) is 5. The average molecular weight is 277 g/mol. The van der Waals surface area contributed by atoms with Crippen molar-refractivity contribution in [2.24, 2.45) is 17.0 Å². The van der Waals surface area contributed by atoms with E-state index in [-0.39, 0.29) is 11.7 Å². The van der Waals surface area contributed by atoms with Crippen molar-refractivity contribution in [3.05, 3.63) is 0 Å². The summed E-state index contributed by atoms with van der Waals surface area (Å²) in [5.74, 6) is 0.802. The zero-order valence-corrected chi connectivity index (χ0v) is 13.1. The van der Waals surface area contributed by atoms with Gasteiger partial charge in [-0.05, 0) is 11.8 Å². The summed E-state index contributed by atoms with van der Waals surface area (Å²) in [7, 11) is -3.32. The van der Waals surface area contributed by atoms with Crippen LogP contribution in [-0.2, 0) is 10.0 Å². The van der Waals surface area contributed by atoms with Gasteiger partial charge < -0.3 is 0 Å². The normalized spacial score (nSPS) is 15.6. The maximum absolute atomic E-state index is 11.1. The van der Waals surface area contributed by atoms with Crippen molar-refractivity contribution in [1.29, 1.82) is 0 Å². The third-order valence-corrected chi connectivity index (χ3v) is 4.74. The van der Waals surface area contributed by atoms with E-state index in [2.05, 4.69) is 13.8 Å². The van der Waals surface area contributed by atoms with Gasteiger partial charge in [-0.2, -0.15) is 0 Å². The van der Waals surface area contributed by atoms with Gasteiger partial charge in [-0.3, -0.25) is 0 Å². The number of primary sulfonamides is 1. The average Bonchev–Trinajstić information content (AvgIpc) is 2.25. The topological polar surface area (TPSA) is 60.2 Å². The molecule has 0 saturated carbocycles. The predicted octanol–water partition coefficient (Wildman–Crippen LogP) is 3.69. The molecule has 0 heterocycles. The lowest BCUT2D eigenvalue weighted by molar-refractivity contribution is 0.336. The third-order valence-electron chi connectivity index (χ3n) is 3.75. The van der Waals surface area contributed by atoms with Gasteiger partial charge in [-0.1, -0.05) is 72.1 Å². The Kier molecular flexibility index (Phi) is 9.74. The highest BCUT2D eigenvalue weighted by atomic mass is 32.2. The predicted molar refractivity (Wildman–Crippen MR) is 78.9 cm³/mol. The fraction of sp³-hybridized carbons (Fsp3) is 1.00. The monoisotopic (exact) mass is 277 g/mol. The lowest BCUT2D eigenvalue weighted by Gasteiger charge is -2.21. The molecule has 0 aliphatic rings. The van der Waals surface area contributed by atoms with Crippen LogP contribution in [0.1, 0.15) is 72.1 Å². The molecule has 0 aromatic heterocycles. The van der Waals surface area contributed by atoms with Crippen molar-refractivity contribution in [3.8, 4) is 0 Å². The first-order chi connectivity index (χ1) is 8.40. The van der Waals surface area contributed by atoms with Gasteiger partial charge >= 0.3 is 0 Å². The van der Waals surface area contributed by atoms with E-state index in [1.54, 1.807) is 0 Å². The van der Waals surface area contributed by atoms with Crippen LogP contribution in [0.15, 0.2) is 0 Å². The second kappa shape index (κ2) is 9.79. The molecule has 0 amide bonds. The summed E-state index contributed by atoms with van der Waals surface area (Å²) >= 11 is 0. The van der Waals surface area contributed by atoms with E-state index in [0.29, 0.717) is 5.92 Å². The van der Waals surface area contributed by atoms with Gasteiger partial charge in [0.15, 0.2) is 0 Å². The fourth-order valence-electron chi connectivity index (χ4n) is 2.58. The van der Waals surface area contributed by atoms with Crippen LogP contribution in [0.2, 0.25) is 0 Å². The molecular formula is C14H31NO2S. The molecule has 0 rings (SSSR count). The smallest absolute Gasteiger partial charge is 0.209 e. The number of sulfonamides is 1. The Balaban J connectivity index is 3.82. The lowest BCUT2D eigenvalue weighted by atomic mass is 9.88. The molecule has 0 bridgehead atoms. The van der Waals surface area contributed by atoms with Crippen LogP contribution in [0.5, 0.6) is 0 Å². The molecule has 0 radical (unpaired) electrons. The number of nitrogens with two attached hydrogens (primary N) is 1. The molecule has 18 heavy (non-hydrogen) atoms. The van der Waals surface area contributed by atoms with E-state index >= 15 is 0 Å². The molecule has 2 unspecified atom stereocenters. The fourth-order valence-corrected chi connectivity index (χ4v) is 3.59. The number of hydrogen-bond acceptors (Lipinski definition) is 2. The summed E-state index contributed by atoms with van der Waals surface area (Å²) in [6, 6.07) is 0. The molecule has 0 spiro atoms. The van der Waals surface area contributed by atoms with Crippen molar-refractivity contribution < 1.29 is 8.42 Å². The van der Waals surface area contributed by atoms with Crippen LogP contribution >= 0.6 is 0 Å². The van der Waals surface area contributed by atoms with E-state index in [1.165, 1.54) is 38.5 Å². The Morgan fingerprint density at radius 2 is 1.56 bits per heavy atom. The summed E-state index contributed by atoms with van der Waals surface area (Å²) in [5, 5.41) is 5.11. The summed E-state index contributed by atoms with van der Waals surface area (Å²) in [6.45, 7) is 6.37. The molecule has 4 heteroatoms. The Morgan fingerprint density at radius 1 is 1.00 bits per heavy atom. The zero-order valence-electron chi connectivity index (χ0n) is 12.3. The minimum Gasteiger partial charge on any atom is -0.229 e. The van der Waals surface area contributed by atoms with Crippen LogP contribution in [0.3, 0.4) is 0 Å². The van der Waals surface area contributed by atoms with Crippen LogP contribution in [0.4, 0.5) is 0 Å². The molecular weight excluding hydrogens is 246 g/mol. The standard InChI is InChI=1S/C14H31NO2S/c1-4-6-7-8-9-10-11-14(5-2)13(3)12-18(15,16)17/h13-14H,4-12H2,1-3H3,(H2,15,16,17). The maximum atomic E-state index is 11.1.